The summed E-state index contributed by atoms with van der Waals surface area (Å²) in [6.45, 7) is 0.747. The number of aromatic nitrogens is 1. The Labute approximate surface area is 115 Å². The van der Waals surface area contributed by atoms with Gasteiger partial charge >= 0.3 is 0 Å². The summed E-state index contributed by atoms with van der Waals surface area (Å²) in [5, 5.41) is 9.39. The normalized spacial score (nSPS) is 10.4. The number of pyridine rings is 1. The molecular formula is C14H15BrN2O. The molecule has 0 saturated heterocycles. The highest BCUT2D eigenvalue weighted by Gasteiger charge is 2.08. The molecule has 0 bridgehead atoms. The maximum Gasteiger partial charge on any atom is 0.0702 e. The molecule has 1 aromatic carbocycles. The van der Waals surface area contributed by atoms with Gasteiger partial charge in [-0.15, -0.1) is 0 Å². The molecule has 0 saturated carbocycles. The summed E-state index contributed by atoms with van der Waals surface area (Å²) in [5.41, 5.74) is 2.93. The zero-order valence-electron chi connectivity index (χ0n) is 10.2. The van der Waals surface area contributed by atoms with E-state index < -0.39 is 0 Å². The summed E-state index contributed by atoms with van der Waals surface area (Å²) in [7, 11) is 2.00. The van der Waals surface area contributed by atoms with Crippen LogP contribution in [0.15, 0.2) is 47.1 Å². The summed E-state index contributed by atoms with van der Waals surface area (Å²) in [6.07, 6.45) is 1.79. The molecule has 1 aromatic heterocycles. The SMILES string of the molecule is CN(Cc1ccccn1)c1ccc(Br)cc1CO. The Bertz CT molecular complexity index is 516. The fourth-order valence-corrected chi connectivity index (χ4v) is 2.28. The number of aliphatic hydroxyl groups excluding tert-OH is 1. The zero-order valence-corrected chi connectivity index (χ0v) is 11.8. The molecule has 0 radical (unpaired) electrons. The molecule has 0 spiro atoms. The number of rotatable bonds is 4. The third kappa shape index (κ3) is 3.09. The van der Waals surface area contributed by atoms with E-state index in [-0.39, 0.29) is 6.61 Å². The summed E-state index contributed by atoms with van der Waals surface area (Å²) < 4.78 is 0.974. The van der Waals surface area contributed by atoms with Gasteiger partial charge in [-0.1, -0.05) is 22.0 Å². The van der Waals surface area contributed by atoms with Crippen molar-refractivity contribution in [2.24, 2.45) is 0 Å². The molecule has 0 aliphatic heterocycles. The second-order valence-corrected chi connectivity index (χ2v) is 5.02. The molecule has 2 aromatic rings. The van der Waals surface area contributed by atoms with Gasteiger partial charge in [0.2, 0.25) is 0 Å². The van der Waals surface area contributed by atoms with E-state index in [1.54, 1.807) is 6.20 Å². The lowest BCUT2D eigenvalue weighted by molar-refractivity contribution is 0.282. The Hall–Kier alpha value is -1.39. The van der Waals surface area contributed by atoms with Gasteiger partial charge in [0.1, 0.15) is 0 Å². The highest BCUT2D eigenvalue weighted by Crippen LogP contribution is 2.24. The van der Waals surface area contributed by atoms with E-state index in [1.165, 1.54) is 0 Å². The third-order valence-electron chi connectivity index (χ3n) is 2.75. The van der Waals surface area contributed by atoms with Crippen molar-refractivity contribution in [2.45, 2.75) is 13.2 Å². The van der Waals surface area contributed by atoms with Crippen molar-refractivity contribution >= 4 is 21.6 Å². The van der Waals surface area contributed by atoms with Gasteiger partial charge < -0.3 is 10.0 Å². The van der Waals surface area contributed by atoms with Crippen LogP contribution >= 0.6 is 15.9 Å². The summed E-state index contributed by atoms with van der Waals surface area (Å²) in [5.74, 6) is 0. The summed E-state index contributed by atoms with van der Waals surface area (Å²) in [6, 6.07) is 11.8. The van der Waals surface area contributed by atoms with E-state index in [1.807, 2.05) is 43.4 Å². The van der Waals surface area contributed by atoms with Gasteiger partial charge in [0.25, 0.3) is 0 Å². The minimum Gasteiger partial charge on any atom is -0.392 e. The van der Waals surface area contributed by atoms with Crippen LogP contribution < -0.4 is 4.90 Å². The molecule has 3 nitrogen and oxygen atoms in total. The molecule has 0 fully saturated rings. The van der Waals surface area contributed by atoms with Crippen LogP contribution in [-0.2, 0) is 13.2 Å². The van der Waals surface area contributed by atoms with Crippen LogP contribution in [0.2, 0.25) is 0 Å². The third-order valence-corrected chi connectivity index (χ3v) is 3.24. The Morgan fingerprint density at radius 3 is 2.78 bits per heavy atom. The average Bonchev–Trinajstić information content (AvgIpc) is 2.39. The molecule has 0 atom stereocenters. The van der Waals surface area contributed by atoms with Crippen molar-refractivity contribution in [1.29, 1.82) is 0 Å². The number of halogens is 1. The Morgan fingerprint density at radius 2 is 2.11 bits per heavy atom. The van der Waals surface area contributed by atoms with E-state index in [0.29, 0.717) is 0 Å². The van der Waals surface area contributed by atoms with Gasteiger partial charge in [-0.2, -0.15) is 0 Å². The van der Waals surface area contributed by atoms with Gasteiger partial charge in [-0.05, 0) is 30.3 Å². The minimum atomic E-state index is 0.0291. The topological polar surface area (TPSA) is 36.4 Å². The smallest absolute Gasteiger partial charge is 0.0702 e. The van der Waals surface area contributed by atoms with Crippen LogP contribution in [0.5, 0.6) is 0 Å². The van der Waals surface area contributed by atoms with Crippen molar-refractivity contribution < 1.29 is 5.11 Å². The summed E-state index contributed by atoms with van der Waals surface area (Å²) >= 11 is 3.41. The van der Waals surface area contributed by atoms with Crippen LogP contribution in [-0.4, -0.2) is 17.1 Å². The Kier molecular flexibility index (Phi) is 4.33. The van der Waals surface area contributed by atoms with E-state index in [0.717, 1.165) is 28.0 Å². The number of hydrogen-bond donors (Lipinski definition) is 1. The predicted molar refractivity (Wildman–Crippen MR) is 76.4 cm³/mol. The molecule has 94 valence electrons. The first kappa shape index (κ1) is 13.1. The molecule has 0 unspecified atom stereocenters. The van der Waals surface area contributed by atoms with Crippen molar-refractivity contribution in [3.63, 3.8) is 0 Å². The first-order valence-corrected chi connectivity index (χ1v) is 6.50. The molecular weight excluding hydrogens is 292 g/mol. The van der Waals surface area contributed by atoms with Crippen LogP contribution in [0, 0.1) is 0 Å². The fourth-order valence-electron chi connectivity index (χ4n) is 1.87. The molecule has 2 rings (SSSR count). The molecule has 0 aliphatic carbocycles. The van der Waals surface area contributed by atoms with E-state index in [2.05, 4.69) is 25.8 Å². The highest BCUT2D eigenvalue weighted by molar-refractivity contribution is 9.10. The van der Waals surface area contributed by atoms with Gasteiger partial charge in [0.05, 0.1) is 18.8 Å². The number of hydrogen-bond acceptors (Lipinski definition) is 3. The lowest BCUT2D eigenvalue weighted by Crippen LogP contribution is -2.18. The van der Waals surface area contributed by atoms with Crippen LogP contribution in [0.4, 0.5) is 5.69 Å². The Morgan fingerprint density at radius 1 is 1.28 bits per heavy atom. The van der Waals surface area contributed by atoms with Gasteiger partial charge in [0.15, 0.2) is 0 Å². The maximum atomic E-state index is 9.39. The number of aliphatic hydroxyl groups is 1. The van der Waals surface area contributed by atoms with E-state index >= 15 is 0 Å². The maximum absolute atomic E-state index is 9.39. The monoisotopic (exact) mass is 306 g/mol. The number of benzene rings is 1. The fraction of sp³-hybridized carbons (Fsp3) is 0.214. The largest absolute Gasteiger partial charge is 0.392 e. The zero-order chi connectivity index (χ0) is 13.0. The Balaban J connectivity index is 2.21. The van der Waals surface area contributed by atoms with Crippen molar-refractivity contribution in [1.82, 2.24) is 4.98 Å². The lowest BCUT2D eigenvalue weighted by Gasteiger charge is -2.21. The quantitative estimate of drug-likeness (QED) is 0.943. The molecule has 1 heterocycles. The van der Waals surface area contributed by atoms with Crippen molar-refractivity contribution in [3.05, 3.63) is 58.3 Å². The second-order valence-electron chi connectivity index (χ2n) is 4.11. The highest BCUT2D eigenvalue weighted by atomic mass is 79.9. The van der Waals surface area contributed by atoms with Gasteiger partial charge in [0, 0.05) is 29.0 Å². The first-order valence-electron chi connectivity index (χ1n) is 5.71. The minimum absolute atomic E-state index is 0.0291. The number of anilines is 1. The molecule has 4 heteroatoms. The second kappa shape index (κ2) is 5.98. The van der Waals surface area contributed by atoms with E-state index in [9.17, 15) is 5.11 Å². The average molecular weight is 307 g/mol. The number of nitrogens with zero attached hydrogens (tertiary/aromatic N) is 2. The first-order chi connectivity index (χ1) is 8.70. The van der Waals surface area contributed by atoms with Crippen LogP contribution in [0.3, 0.4) is 0 Å². The predicted octanol–water partition coefficient (Wildman–Crippen LogP) is 2.97. The summed E-state index contributed by atoms with van der Waals surface area (Å²) in [4.78, 5) is 6.39. The molecule has 18 heavy (non-hydrogen) atoms. The standard InChI is InChI=1S/C14H15BrN2O/c1-17(9-13-4-2-3-7-16-13)14-6-5-12(15)8-11(14)10-18/h2-8,18H,9-10H2,1H3. The van der Waals surface area contributed by atoms with Crippen molar-refractivity contribution in [3.8, 4) is 0 Å². The van der Waals surface area contributed by atoms with E-state index in [4.69, 9.17) is 0 Å². The lowest BCUT2D eigenvalue weighted by atomic mass is 10.1. The van der Waals surface area contributed by atoms with Gasteiger partial charge in [-0.25, -0.2) is 0 Å². The van der Waals surface area contributed by atoms with Crippen LogP contribution in [0.1, 0.15) is 11.3 Å². The van der Waals surface area contributed by atoms with Crippen LogP contribution in [0.25, 0.3) is 0 Å². The van der Waals surface area contributed by atoms with Gasteiger partial charge in [-0.3, -0.25) is 4.98 Å². The molecule has 1 N–H and O–H groups in total. The molecule has 0 aliphatic rings. The van der Waals surface area contributed by atoms with Crippen molar-refractivity contribution in [2.75, 3.05) is 11.9 Å². The molecule has 0 amide bonds.